The molecule has 0 spiro atoms. The van der Waals surface area contributed by atoms with Crippen molar-refractivity contribution in [1.82, 2.24) is 20.4 Å². The summed E-state index contributed by atoms with van der Waals surface area (Å²) in [6, 6.07) is 8.97. The van der Waals surface area contributed by atoms with E-state index in [0.717, 1.165) is 45.1 Å². The van der Waals surface area contributed by atoms with Gasteiger partial charge in [-0.1, -0.05) is 43.5 Å². The van der Waals surface area contributed by atoms with Gasteiger partial charge in [0.15, 0.2) is 5.96 Å². The molecule has 33 heavy (non-hydrogen) atoms. The Balaban J connectivity index is 0.00000385. The van der Waals surface area contributed by atoms with Crippen LogP contribution < -0.4 is 10.6 Å². The number of aliphatic hydroxyl groups excluding tert-OH is 1. The molecule has 0 amide bonds. The van der Waals surface area contributed by atoms with E-state index in [9.17, 15) is 5.11 Å². The molecule has 1 saturated carbocycles. The minimum atomic E-state index is 0. The van der Waals surface area contributed by atoms with Gasteiger partial charge in [0.1, 0.15) is 0 Å². The molecule has 7 heteroatoms. The molecule has 1 saturated heterocycles. The molecule has 1 aromatic rings. The van der Waals surface area contributed by atoms with Crippen LogP contribution in [0.15, 0.2) is 29.3 Å². The van der Waals surface area contributed by atoms with Gasteiger partial charge in [-0.3, -0.25) is 4.90 Å². The largest absolute Gasteiger partial charge is 0.396 e. The molecule has 2 aliphatic rings. The van der Waals surface area contributed by atoms with Crippen LogP contribution in [0.3, 0.4) is 0 Å². The van der Waals surface area contributed by atoms with Crippen LogP contribution in [-0.2, 0) is 13.1 Å². The highest BCUT2D eigenvalue weighted by Gasteiger charge is 2.31. The summed E-state index contributed by atoms with van der Waals surface area (Å²) in [5.74, 6) is 0.883. The number of rotatable bonds is 9. The molecule has 3 N–H and O–H groups in total. The Bertz CT molecular complexity index is 685. The number of aliphatic hydroxyl groups is 1. The molecular weight excluding hydrogens is 525 g/mol. The van der Waals surface area contributed by atoms with Gasteiger partial charge in [0.2, 0.25) is 0 Å². The standard InChI is InChI=1S/C26H45N5O.HI/c1-3-27-25(29-22-26(14-19-32)12-5-4-6-13-26)28-20-23-8-10-24(11-9-23)21-31-16-7-15-30(2)17-18-31;/h8-11,32H,3-7,12-22H2,1-2H3,(H2,27,28,29);1H. The van der Waals surface area contributed by atoms with Crippen molar-refractivity contribution >= 4 is 29.9 Å². The zero-order chi connectivity index (χ0) is 22.7. The molecule has 1 aliphatic carbocycles. The third-order valence-corrected chi connectivity index (χ3v) is 7.19. The molecule has 1 aliphatic heterocycles. The second-order valence-corrected chi connectivity index (χ2v) is 9.83. The van der Waals surface area contributed by atoms with Gasteiger partial charge in [0, 0.05) is 39.3 Å². The minimum absolute atomic E-state index is 0. The van der Waals surface area contributed by atoms with Gasteiger partial charge in [0.25, 0.3) is 0 Å². The third kappa shape index (κ3) is 9.70. The highest BCUT2D eigenvalue weighted by molar-refractivity contribution is 14.0. The van der Waals surface area contributed by atoms with Crippen molar-refractivity contribution in [3.8, 4) is 0 Å². The lowest BCUT2D eigenvalue weighted by atomic mass is 9.72. The van der Waals surface area contributed by atoms with Crippen molar-refractivity contribution in [2.24, 2.45) is 10.4 Å². The average Bonchev–Trinajstić information content (AvgIpc) is 3.01. The number of hydrogen-bond acceptors (Lipinski definition) is 4. The number of guanidine groups is 1. The van der Waals surface area contributed by atoms with Crippen LogP contribution in [0.4, 0.5) is 0 Å². The number of likely N-dealkylation sites (N-methyl/N-ethyl adjacent to an activating group) is 1. The van der Waals surface area contributed by atoms with Gasteiger partial charge in [-0.15, -0.1) is 24.0 Å². The highest BCUT2D eigenvalue weighted by Crippen LogP contribution is 2.38. The Morgan fingerprint density at radius 1 is 0.970 bits per heavy atom. The molecule has 0 bridgehead atoms. The van der Waals surface area contributed by atoms with Crippen molar-refractivity contribution in [1.29, 1.82) is 0 Å². The van der Waals surface area contributed by atoms with Crippen LogP contribution in [0.1, 0.15) is 63.0 Å². The molecule has 0 aromatic heterocycles. The Labute approximate surface area is 218 Å². The molecule has 1 aromatic carbocycles. The zero-order valence-electron chi connectivity index (χ0n) is 20.8. The van der Waals surface area contributed by atoms with E-state index in [-0.39, 0.29) is 36.0 Å². The number of halogens is 1. The summed E-state index contributed by atoms with van der Waals surface area (Å²) in [7, 11) is 2.22. The van der Waals surface area contributed by atoms with Crippen LogP contribution in [0.25, 0.3) is 0 Å². The smallest absolute Gasteiger partial charge is 0.191 e. The number of nitrogens with one attached hydrogen (secondary N) is 2. The maximum Gasteiger partial charge on any atom is 0.191 e. The maximum absolute atomic E-state index is 9.58. The summed E-state index contributed by atoms with van der Waals surface area (Å²) in [5, 5.41) is 16.5. The first-order chi connectivity index (χ1) is 15.6. The predicted octanol–water partition coefficient (Wildman–Crippen LogP) is 3.83. The molecule has 0 atom stereocenters. The van der Waals surface area contributed by atoms with Crippen LogP contribution in [-0.4, -0.2) is 73.8 Å². The fraction of sp³-hybridized carbons (Fsp3) is 0.731. The minimum Gasteiger partial charge on any atom is -0.396 e. The van der Waals surface area contributed by atoms with Crippen LogP contribution >= 0.6 is 24.0 Å². The molecule has 1 heterocycles. The molecule has 2 fully saturated rings. The number of benzene rings is 1. The van der Waals surface area contributed by atoms with E-state index in [2.05, 4.69) is 58.7 Å². The first-order valence-corrected chi connectivity index (χ1v) is 12.7. The van der Waals surface area contributed by atoms with Gasteiger partial charge in [-0.2, -0.15) is 0 Å². The summed E-state index contributed by atoms with van der Waals surface area (Å²) in [6.45, 7) is 10.5. The van der Waals surface area contributed by atoms with Crippen LogP contribution in [0.2, 0.25) is 0 Å². The summed E-state index contributed by atoms with van der Waals surface area (Å²) < 4.78 is 0. The molecule has 0 unspecified atom stereocenters. The number of nitrogens with zero attached hydrogens (tertiary/aromatic N) is 3. The SMILES string of the molecule is CCNC(=NCc1ccc(CN2CCCN(C)CC2)cc1)NCC1(CCO)CCCCC1.I. The maximum atomic E-state index is 9.58. The summed E-state index contributed by atoms with van der Waals surface area (Å²) in [4.78, 5) is 9.84. The van der Waals surface area contributed by atoms with E-state index >= 15 is 0 Å². The van der Waals surface area contributed by atoms with Gasteiger partial charge in [0.05, 0.1) is 6.54 Å². The molecule has 0 radical (unpaired) electrons. The monoisotopic (exact) mass is 571 g/mol. The van der Waals surface area contributed by atoms with E-state index in [1.165, 1.54) is 62.7 Å². The molecular formula is C26H46IN5O. The fourth-order valence-corrected chi connectivity index (χ4v) is 5.10. The fourth-order valence-electron chi connectivity index (χ4n) is 5.10. The summed E-state index contributed by atoms with van der Waals surface area (Å²) in [6.07, 6.45) is 8.42. The van der Waals surface area contributed by atoms with Crippen molar-refractivity contribution in [3.63, 3.8) is 0 Å². The Kier molecular flexibility index (Phi) is 13.0. The number of hydrogen-bond donors (Lipinski definition) is 3. The van der Waals surface area contributed by atoms with Gasteiger partial charge in [-0.05, 0) is 69.3 Å². The van der Waals surface area contributed by atoms with E-state index in [0.29, 0.717) is 6.54 Å². The summed E-state index contributed by atoms with van der Waals surface area (Å²) >= 11 is 0. The normalized spacial score (nSPS) is 20.0. The molecule has 3 rings (SSSR count). The van der Waals surface area contributed by atoms with Crippen molar-refractivity contribution < 1.29 is 5.11 Å². The first-order valence-electron chi connectivity index (χ1n) is 12.7. The highest BCUT2D eigenvalue weighted by atomic mass is 127. The van der Waals surface area contributed by atoms with Gasteiger partial charge < -0.3 is 20.6 Å². The Hall–Kier alpha value is -0.900. The Morgan fingerprint density at radius 2 is 1.70 bits per heavy atom. The topological polar surface area (TPSA) is 63.1 Å². The van der Waals surface area contributed by atoms with Crippen molar-refractivity contribution in [2.75, 3.05) is 52.9 Å². The summed E-state index contributed by atoms with van der Waals surface area (Å²) in [5.41, 5.74) is 2.84. The third-order valence-electron chi connectivity index (χ3n) is 7.19. The first kappa shape index (κ1) is 28.3. The lowest BCUT2D eigenvalue weighted by Gasteiger charge is -2.37. The second-order valence-electron chi connectivity index (χ2n) is 9.83. The predicted molar refractivity (Wildman–Crippen MR) is 149 cm³/mol. The zero-order valence-corrected chi connectivity index (χ0v) is 23.2. The van der Waals surface area contributed by atoms with E-state index < -0.39 is 0 Å². The van der Waals surface area contributed by atoms with E-state index in [1.807, 2.05) is 0 Å². The van der Waals surface area contributed by atoms with Gasteiger partial charge >= 0.3 is 0 Å². The molecule has 6 nitrogen and oxygen atoms in total. The van der Waals surface area contributed by atoms with Crippen molar-refractivity contribution in [3.05, 3.63) is 35.4 Å². The van der Waals surface area contributed by atoms with E-state index in [4.69, 9.17) is 4.99 Å². The van der Waals surface area contributed by atoms with Crippen LogP contribution in [0, 0.1) is 5.41 Å². The van der Waals surface area contributed by atoms with Gasteiger partial charge in [-0.25, -0.2) is 4.99 Å². The average molecular weight is 572 g/mol. The lowest BCUT2D eigenvalue weighted by molar-refractivity contribution is 0.131. The quantitative estimate of drug-likeness (QED) is 0.239. The number of aliphatic imine (C=N–C) groups is 1. The lowest BCUT2D eigenvalue weighted by Crippen LogP contribution is -2.44. The molecule has 188 valence electrons. The van der Waals surface area contributed by atoms with Crippen molar-refractivity contribution in [2.45, 2.75) is 65.0 Å². The second kappa shape index (κ2) is 15.2. The van der Waals surface area contributed by atoms with E-state index in [1.54, 1.807) is 0 Å². The Morgan fingerprint density at radius 3 is 2.39 bits per heavy atom. The van der Waals surface area contributed by atoms with Crippen LogP contribution in [0.5, 0.6) is 0 Å².